The van der Waals surface area contributed by atoms with Gasteiger partial charge >= 0.3 is 12.1 Å². The fourth-order valence-corrected chi connectivity index (χ4v) is 3.58. The van der Waals surface area contributed by atoms with Gasteiger partial charge in [-0.15, -0.1) is 0 Å². The van der Waals surface area contributed by atoms with Gasteiger partial charge in [-0.2, -0.15) is 0 Å². The van der Waals surface area contributed by atoms with E-state index in [-0.39, 0.29) is 18.9 Å². The van der Waals surface area contributed by atoms with Crippen LogP contribution < -0.4 is 0 Å². The summed E-state index contributed by atoms with van der Waals surface area (Å²) in [5.74, 6) is -0.760. The largest absolute Gasteiger partial charge is 0.467 e. The first-order chi connectivity index (χ1) is 11.6. The number of carbonyl (C=O) groups excluding carboxylic acids is 2. The fourth-order valence-electron chi connectivity index (χ4n) is 3.58. The standard InChI is InChI=1S/C18H31FN2O4/c1-17(2,3)25-16(23)21-10-5-6-14(7-11-21)20-12-8-18(19,9-13-20)15(22)24-4/h14H,5-13H2,1-4H3. The molecule has 0 spiro atoms. The Hall–Kier alpha value is -1.37. The molecule has 0 N–H and O–H groups in total. The third kappa shape index (κ3) is 5.30. The topological polar surface area (TPSA) is 59.1 Å². The van der Waals surface area contributed by atoms with Crippen molar-refractivity contribution in [3.05, 3.63) is 0 Å². The summed E-state index contributed by atoms with van der Waals surface area (Å²) in [4.78, 5) is 27.8. The summed E-state index contributed by atoms with van der Waals surface area (Å²) in [5, 5.41) is 0. The molecule has 2 aliphatic rings. The molecule has 25 heavy (non-hydrogen) atoms. The van der Waals surface area contributed by atoms with E-state index < -0.39 is 17.2 Å². The molecular formula is C18H31FN2O4. The number of likely N-dealkylation sites (tertiary alicyclic amines) is 2. The van der Waals surface area contributed by atoms with Gasteiger partial charge in [0.2, 0.25) is 5.67 Å². The maximum absolute atomic E-state index is 14.5. The average Bonchev–Trinajstić information content (AvgIpc) is 2.79. The third-order valence-electron chi connectivity index (χ3n) is 5.01. The molecule has 2 aliphatic heterocycles. The van der Waals surface area contributed by atoms with E-state index in [2.05, 4.69) is 9.64 Å². The van der Waals surface area contributed by atoms with Crippen molar-refractivity contribution < 1.29 is 23.5 Å². The number of rotatable bonds is 2. The van der Waals surface area contributed by atoms with Crippen LogP contribution in [0.3, 0.4) is 0 Å². The van der Waals surface area contributed by atoms with E-state index in [9.17, 15) is 14.0 Å². The Balaban J connectivity index is 1.86. The second-order valence-electron chi connectivity index (χ2n) is 8.04. The van der Waals surface area contributed by atoms with Gasteiger partial charge in [0, 0.05) is 45.1 Å². The maximum Gasteiger partial charge on any atom is 0.410 e. The number of methoxy groups -OCH3 is 1. The Morgan fingerprint density at radius 1 is 1.08 bits per heavy atom. The first-order valence-corrected chi connectivity index (χ1v) is 9.14. The lowest BCUT2D eigenvalue weighted by molar-refractivity contribution is -0.158. The van der Waals surface area contributed by atoms with Crippen LogP contribution in [0, 0.1) is 0 Å². The first-order valence-electron chi connectivity index (χ1n) is 9.14. The number of hydrogen-bond donors (Lipinski definition) is 0. The number of piperidine rings is 1. The van der Waals surface area contributed by atoms with Crippen LogP contribution in [0.25, 0.3) is 0 Å². The van der Waals surface area contributed by atoms with Crippen LogP contribution in [-0.4, -0.2) is 72.5 Å². The van der Waals surface area contributed by atoms with E-state index in [1.54, 1.807) is 4.90 Å². The van der Waals surface area contributed by atoms with E-state index in [1.165, 1.54) is 7.11 Å². The lowest BCUT2D eigenvalue weighted by Crippen LogP contribution is -2.50. The number of amides is 1. The number of halogens is 1. The van der Waals surface area contributed by atoms with Crippen LogP contribution in [0.15, 0.2) is 0 Å². The Morgan fingerprint density at radius 3 is 2.28 bits per heavy atom. The van der Waals surface area contributed by atoms with Gasteiger partial charge in [0.15, 0.2) is 0 Å². The summed E-state index contributed by atoms with van der Waals surface area (Å²) < 4.78 is 24.6. The molecule has 1 unspecified atom stereocenters. The molecule has 0 aromatic carbocycles. The second kappa shape index (κ2) is 7.89. The molecule has 0 aromatic rings. The Kier molecular flexibility index (Phi) is 6.30. The molecule has 2 rings (SSSR count). The molecule has 6 nitrogen and oxygen atoms in total. The Bertz CT molecular complexity index is 484. The van der Waals surface area contributed by atoms with Gasteiger partial charge in [-0.05, 0) is 40.0 Å². The lowest BCUT2D eigenvalue weighted by Gasteiger charge is -2.39. The smallest absolute Gasteiger partial charge is 0.410 e. The summed E-state index contributed by atoms with van der Waals surface area (Å²) in [6.07, 6.45) is 2.80. The van der Waals surface area contributed by atoms with Crippen LogP contribution in [0.1, 0.15) is 52.9 Å². The second-order valence-corrected chi connectivity index (χ2v) is 8.04. The van der Waals surface area contributed by atoms with E-state index >= 15 is 0 Å². The quantitative estimate of drug-likeness (QED) is 0.711. The lowest BCUT2D eigenvalue weighted by atomic mass is 9.91. The van der Waals surface area contributed by atoms with Gasteiger partial charge in [-0.3, -0.25) is 0 Å². The highest BCUT2D eigenvalue weighted by atomic mass is 19.1. The highest BCUT2D eigenvalue weighted by molar-refractivity contribution is 5.79. The van der Waals surface area contributed by atoms with E-state index in [1.807, 2.05) is 20.8 Å². The monoisotopic (exact) mass is 358 g/mol. The average molecular weight is 358 g/mol. The number of nitrogens with zero attached hydrogens (tertiary/aromatic N) is 2. The fraction of sp³-hybridized carbons (Fsp3) is 0.889. The number of alkyl halides is 1. The van der Waals surface area contributed by atoms with Gasteiger partial charge in [0.25, 0.3) is 0 Å². The predicted octanol–water partition coefficient (Wildman–Crippen LogP) is 2.75. The Morgan fingerprint density at radius 2 is 1.72 bits per heavy atom. The van der Waals surface area contributed by atoms with Crippen molar-refractivity contribution in [3.63, 3.8) is 0 Å². The molecule has 0 aliphatic carbocycles. The molecule has 2 saturated heterocycles. The SMILES string of the molecule is COC(=O)C1(F)CCN(C2CCCN(C(=O)OC(C)(C)C)CC2)CC1. The van der Waals surface area contributed by atoms with Crippen molar-refractivity contribution in [2.45, 2.75) is 70.2 Å². The zero-order valence-electron chi connectivity index (χ0n) is 15.8. The van der Waals surface area contributed by atoms with Gasteiger partial charge in [0.05, 0.1) is 7.11 Å². The normalized spacial score (nSPS) is 25.2. The highest BCUT2D eigenvalue weighted by Gasteiger charge is 2.44. The van der Waals surface area contributed by atoms with Gasteiger partial charge in [0.1, 0.15) is 5.60 Å². The molecule has 2 fully saturated rings. The zero-order valence-corrected chi connectivity index (χ0v) is 15.8. The molecule has 0 radical (unpaired) electrons. The van der Waals surface area contributed by atoms with Gasteiger partial charge < -0.3 is 19.3 Å². The molecule has 144 valence electrons. The van der Waals surface area contributed by atoms with Crippen molar-refractivity contribution >= 4 is 12.1 Å². The van der Waals surface area contributed by atoms with Crippen molar-refractivity contribution in [2.24, 2.45) is 0 Å². The molecular weight excluding hydrogens is 327 g/mol. The van der Waals surface area contributed by atoms with Crippen LogP contribution in [0.5, 0.6) is 0 Å². The van der Waals surface area contributed by atoms with E-state index in [0.717, 1.165) is 19.3 Å². The van der Waals surface area contributed by atoms with Crippen LogP contribution >= 0.6 is 0 Å². The molecule has 0 aromatic heterocycles. The summed E-state index contributed by atoms with van der Waals surface area (Å²) in [5.41, 5.74) is -2.34. The predicted molar refractivity (Wildman–Crippen MR) is 92.1 cm³/mol. The number of esters is 1. The molecule has 2 heterocycles. The van der Waals surface area contributed by atoms with Crippen LogP contribution in [-0.2, 0) is 14.3 Å². The van der Waals surface area contributed by atoms with Crippen LogP contribution in [0.2, 0.25) is 0 Å². The van der Waals surface area contributed by atoms with Crippen molar-refractivity contribution in [1.82, 2.24) is 9.80 Å². The van der Waals surface area contributed by atoms with Gasteiger partial charge in [-0.1, -0.05) is 0 Å². The van der Waals surface area contributed by atoms with Crippen molar-refractivity contribution in [1.29, 1.82) is 0 Å². The summed E-state index contributed by atoms with van der Waals surface area (Å²) in [6, 6.07) is 0.314. The molecule has 0 saturated carbocycles. The molecule has 1 amide bonds. The van der Waals surface area contributed by atoms with Crippen molar-refractivity contribution in [2.75, 3.05) is 33.3 Å². The first kappa shape index (κ1) is 19.9. The van der Waals surface area contributed by atoms with Crippen LogP contribution in [0.4, 0.5) is 9.18 Å². The minimum Gasteiger partial charge on any atom is -0.467 e. The molecule has 7 heteroatoms. The minimum absolute atomic E-state index is 0.173. The number of hydrogen-bond acceptors (Lipinski definition) is 5. The maximum atomic E-state index is 14.5. The minimum atomic E-state index is -1.85. The zero-order chi connectivity index (χ0) is 18.7. The van der Waals surface area contributed by atoms with E-state index in [4.69, 9.17) is 4.74 Å². The number of ether oxygens (including phenoxy) is 2. The van der Waals surface area contributed by atoms with E-state index in [0.29, 0.717) is 32.2 Å². The van der Waals surface area contributed by atoms with Gasteiger partial charge in [-0.25, -0.2) is 14.0 Å². The molecule has 1 atom stereocenters. The summed E-state index contributed by atoms with van der Waals surface area (Å²) in [6.45, 7) is 8.02. The Labute approximate surface area is 149 Å². The summed E-state index contributed by atoms with van der Waals surface area (Å²) >= 11 is 0. The third-order valence-corrected chi connectivity index (χ3v) is 5.01. The summed E-state index contributed by atoms with van der Waals surface area (Å²) in [7, 11) is 1.23. The number of carbonyl (C=O) groups is 2. The highest BCUT2D eigenvalue weighted by Crippen LogP contribution is 2.30. The van der Waals surface area contributed by atoms with Crippen molar-refractivity contribution in [3.8, 4) is 0 Å². The molecule has 0 bridgehead atoms.